The fourth-order valence-electron chi connectivity index (χ4n) is 2.51. The average molecular weight is 264 g/mol. The third-order valence-corrected chi connectivity index (χ3v) is 3.50. The summed E-state index contributed by atoms with van der Waals surface area (Å²) < 4.78 is 5.73. The number of hydrogen-bond acceptors (Lipinski definition) is 2. The number of aliphatic hydroxyl groups is 1. The van der Waals surface area contributed by atoms with E-state index >= 15 is 0 Å². The second-order valence-electron chi connectivity index (χ2n) is 4.83. The van der Waals surface area contributed by atoms with Crippen LogP contribution in [0.4, 0.5) is 0 Å². The van der Waals surface area contributed by atoms with Gasteiger partial charge in [-0.1, -0.05) is 42.2 Å². The molecule has 1 aliphatic carbocycles. The van der Waals surface area contributed by atoms with Crippen molar-refractivity contribution in [2.24, 2.45) is 0 Å². The lowest BCUT2D eigenvalue weighted by Crippen LogP contribution is -1.98. The molecule has 2 aromatic rings. The first kappa shape index (κ1) is 12.8. The van der Waals surface area contributed by atoms with Gasteiger partial charge >= 0.3 is 0 Å². The highest BCUT2D eigenvalue weighted by Crippen LogP contribution is 2.36. The minimum atomic E-state index is -0.344. The van der Waals surface area contributed by atoms with Gasteiger partial charge in [-0.15, -0.1) is 0 Å². The van der Waals surface area contributed by atoms with Gasteiger partial charge in [0, 0.05) is 11.1 Å². The molecule has 0 fully saturated rings. The zero-order valence-electron chi connectivity index (χ0n) is 11.2. The van der Waals surface area contributed by atoms with Crippen LogP contribution in [0.15, 0.2) is 48.5 Å². The maximum absolute atomic E-state index is 9.84. The van der Waals surface area contributed by atoms with Gasteiger partial charge in [0.1, 0.15) is 12.4 Å². The molecule has 2 aromatic carbocycles. The summed E-state index contributed by atoms with van der Waals surface area (Å²) in [5.74, 6) is 6.93. The molecule has 3 rings (SSSR count). The van der Waals surface area contributed by atoms with Crippen molar-refractivity contribution in [3.63, 3.8) is 0 Å². The zero-order valence-corrected chi connectivity index (χ0v) is 11.2. The molecular weight excluding hydrogens is 248 g/mol. The van der Waals surface area contributed by atoms with Crippen LogP contribution in [-0.4, -0.2) is 11.7 Å². The highest BCUT2D eigenvalue weighted by Gasteiger charge is 2.22. The van der Waals surface area contributed by atoms with E-state index in [0.717, 1.165) is 35.3 Å². The van der Waals surface area contributed by atoms with E-state index in [9.17, 15) is 5.11 Å². The molecule has 0 radical (unpaired) electrons. The van der Waals surface area contributed by atoms with E-state index < -0.39 is 0 Å². The lowest BCUT2D eigenvalue weighted by atomic mass is 10.1. The summed E-state index contributed by atoms with van der Waals surface area (Å²) in [4.78, 5) is 0. The van der Waals surface area contributed by atoms with Crippen molar-refractivity contribution < 1.29 is 9.84 Å². The monoisotopic (exact) mass is 264 g/mol. The normalized spacial score (nSPS) is 16.1. The Bertz CT molecular complexity index is 650. The van der Waals surface area contributed by atoms with Gasteiger partial charge in [-0.05, 0) is 36.6 Å². The summed E-state index contributed by atoms with van der Waals surface area (Å²) in [7, 11) is 0. The molecule has 20 heavy (non-hydrogen) atoms. The Balaban J connectivity index is 1.67. The second kappa shape index (κ2) is 5.81. The number of aliphatic hydroxyl groups excluding tert-OH is 1. The molecule has 1 atom stereocenters. The Morgan fingerprint density at radius 1 is 1.10 bits per heavy atom. The van der Waals surface area contributed by atoms with Crippen molar-refractivity contribution in [1.29, 1.82) is 0 Å². The SMILES string of the molecule is OC1CCc2c(OCC#Cc3ccccc3)cccc21. The molecule has 1 unspecified atom stereocenters. The van der Waals surface area contributed by atoms with Gasteiger partial charge in [-0.25, -0.2) is 0 Å². The molecule has 0 saturated carbocycles. The lowest BCUT2D eigenvalue weighted by Gasteiger charge is -2.09. The van der Waals surface area contributed by atoms with Crippen LogP contribution in [0.1, 0.15) is 29.2 Å². The molecule has 100 valence electrons. The zero-order chi connectivity index (χ0) is 13.8. The van der Waals surface area contributed by atoms with Crippen molar-refractivity contribution in [3.8, 4) is 17.6 Å². The fraction of sp³-hybridized carbons (Fsp3) is 0.222. The quantitative estimate of drug-likeness (QED) is 0.845. The van der Waals surface area contributed by atoms with Crippen LogP contribution in [0.5, 0.6) is 5.75 Å². The third kappa shape index (κ3) is 2.68. The fourth-order valence-corrected chi connectivity index (χ4v) is 2.51. The van der Waals surface area contributed by atoms with Crippen LogP contribution < -0.4 is 4.74 Å². The van der Waals surface area contributed by atoms with E-state index in [1.165, 1.54) is 0 Å². The van der Waals surface area contributed by atoms with Crippen LogP contribution in [0.2, 0.25) is 0 Å². The number of benzene rings is 2. The largest absolute Gasteiger partial charge is 0.481 e. The number of hydrogen-bond donors (Lipinski definition) is 1. The molecule has 0 amide bonds. The lowest BCUT2D eigenvalue weighted by molar-refractivity contribution is 0.180. The van der Waals surface area contributed by atoms with Gasteiger partial charge in [0.2, 0.25) is 0 Å². The Labute approximate surface area is 119 Å². The summed E-state index contributed by atoms with van der Waals surface area (Å²) in [6.07, 6.45) is 1.31. The molecule has 0 bridgehead atoms. The summed E-state index contributed by atoms with van der Waals surface area (Å²) in [5, 5.41) is 9.84. The van der Waals surface area contributed by atoms with Crippen molar-refractivity contribution in [2.45, 2.75) is 18.9 Å². The standard InChI is InChI=1S/C18H16O2/c19-17-12-11-16-15(17)9-4-10-18(16)20-13-5-8-14-6-2-1-3-7-14/h1-4,6-7,9-10,17,19H,11-13H2. The topological polar surface area (TPSA) is 29.5 Å². The molecule has 0 heterocycles. The Hall–Kier alpha value is -2.24. The summed E-state index contributed by atoms with van der Waals surface area (Å²) in [5.41, 5.74) is 3.12. The minimum absolute atomic E-state index is 0.344. The van der Waals surface area contributed by atoms with Gasteiger partial charge in [-0.2, -0.15) is 0 Å². The van der Waals surface area contributed by atoms with E-state index in [1.807, 2.05) is 48.5 Å². The van der Waals surface area contributed by atoms with Crippen LogP contribution in [0.25, 0.3) is 0 Å². The van der Waals surface area contributed by atoms with E-state index in [1.54, 1.807) is 0 Å². The second-order valence-corrected chi connectivity index (χ2v) is 4.83. The van der Waals surface area contributed by atoms with E-state index in [2.05, 4.69) is 11.8 Å². The molecule has 0 aromatic heterocycles. The molecule has 0 spiro atoms. The average Bonchev–Trinajstić information content (AvgIpc) is 2.87. The van der Waals surface area contributed by atoms with Crippen molar-refractivity contribution in [2.75, 3.05) is 6.61 Å². The van der Waals surface area contributed by atoms with Crippen molar-refractivity contribution >= 4 is 0 Å². The molecule has 2 nitrogen and oxygen atoms in total. The Kier molecular flexibility index (Phi) is 3.71. The minimum Gasteiger partial charge on any atom is -0.481 e. The van der Waals surface area contributed by atoms with Crippen molar-refractivity contribution in [3.05, 3.63) is 65.2 Å². The van der Waals surface area contributed by atoms with Gasteiger partial charge in [0.05, 0.1) is 6.10 Å². The van der Waals surface area contributed by atoms with Crippen LogP contribution in [0, 0.1) is 11.8 Å². The predicted molar refractivity (Wildman–Crippen MR) is 78.5 cm³/mol. The number of ether oxygens (including phenoxy) is 1. The number of fused-ring (bicyclic) bond motifs is 1. The van der Waals surface area contributed by atoms with Gasteiger partial charge < -0.3 is 9.84 Å². The summed E-state index contributed by atoms with van der Waals surface area (Å²) in [6, 6.07) is 15.7. The summed E-state index contributed by atoms with van der Waals surface area (Å²) in [6.45, 7) is 0.363. The Morgan fingerprint density at radius 2 is 1.95 bits per heavy atom. The van der Waals surface area contributed by atoms with Gasteiger partial charge in [0.15, 0.2) is 0 Å². The van der Waals surface area contributed by atoms with E-state index in [0.29, 0.717) is 6.61 Å². The Morgan fingerprint density at radius 3 is 2.80 bits per heavy atom. The predicted octanol–water partition coefficient (Wildman–Crippen LogP) is 3.10. The highest BCUT2D eigenvalue weighted by molar-refractivity contribution is 5.44. The van der Waals surface area contributed by atoms with Crippen LogP contribution >= 0.6 is 0 Å². The van der Waals surface area contributed by atoms with Crippen LogP contribution in [-0.2, 0) is 6.42 Å². The van der Waals surface area contributed by atoms with E-state index in [4.69, 9.17) is 4.74 Å². The third-order valence-electron chi connectivity index (χ3n) is 3.50. The van der Waals surface area contributed by atoms with Gasteiger partial charge in [-0.3, -0.25) is 0 Å². The van der Waals surface area contributed by atoms with E-state index in [-0.39, 0.29) is 6.10 Å². The van der Waals surface area contributed by atoms with Crippen LogP contribution in [0.3, 0.4) is 0 Å². The molecular formula is C18H16O2. The molecule has 2 heteroatoms. The maximum atomic E-state index is 9.84. The molecule has 1 N–H and O–H groups in total. The van der Waals surface area contributed by atoms with Gasteiger partial charge in [0.25, 0.3) is 0 Å². The molecule has 0 saturated heterocycles. The first-order valence-corrected chi connectivity index (χ1v) is 6.81. The highest BCUT2D eigenvalue weighted by atomic mass is 16.5. The number of rotatable bonds is 2. The smallest absolute Gasteiger partial charge is 0.149 e. The molecule has 0 aliphatic heterocycles. The van der Waals surface area contributed by atoms with Crippen molar-refractivity contribution in [1.82, 2.24) is 0 Å². The molecule has 1 aliphatic rings. The first-order chi connectivity index (χ1) is 9.84. The first-order valence-electron chi connectivity index (χ1n) is 6.81. The summed E-state index contributed by atoms with van der Waals surface area (Å²) >= 11 is 0. The maximum Gasteiger partial charge on any atom is 0.149 e.